The number of rotatable bonds is 14. The smallest absolute Gasteiger partial charge is 0.341 e. The van der Waals surface area contributed by atoms with Crippen molar-refractivity contribution in [3.05, 3.63) is 39.6 Å². The maximum absolute atomic E-state index is 16.6. The molecule has 11 nitrogen and oxygen atoms in total. The lowest BCUT2D eigenvalue weighted by atomic mass is 9.71. The van der Waals surface area contributed by atoms with Gasteiger partial charge in [0.25, 0.3) is 0 Å². The third-order valence-electron chi connectivity index (χ3n) is 15.1. The average molecular weight is 663 g/mol. The van der Waals surface area contributed by atoms with Crippen LogP contribution >= 0.6 is 0 Å². The Morgan fingerprint density at radius 3 is 2.25 bits per heavy atom. The first-order chi connectivity index (χ1) is 23.2. The number of aromatic carboxylic acids is 1. The summed E-state index contributed by atoms with van der Waals surface area (Å²) < 4.78 is 18.4. The summed E-state index contributed by atoms with van der Waals surface area (Å²) in [5, 5.41) is 20.8. The highest BCUT2D eigenvalue weighted by atomic mass is 19.1. The fourth-order valence-corrected chi connectivity index (χ4v) is 12.3. The van der Waals surface area contributed by atoms with Crippen LogP contribution in [0.15, 0.2) is 17.1 Å². The van der Waals surface area contributed by atoms with Crippen LogP contribution in [0.5, 0.6) is 0 Å². The molecule has 10 N–H and O–H groups in total. The first-order valence-corrected chi connectivity index (χ1v) is 18.4. The third kappa shape index (κ3) is 4.35. The second-order valence-corrected chi connectivity index (χ2v) is 16.7. The number of carboxylic acid groups (broad SMARTS) is 1. The molecule has 11 unspecified atom stereocenters. The van der Waals surface area contributed by atoms with Crippen molar-refractivity contribution in [1.29, 1.82) is 0 Å². The lowest BCUT2D eigenvalue weighted by molar-refractivity contribution is 0.0694. The molecule has 7 fully saturated rings. The average Bonchev–Trinajstić information content (AvgIpc) is 4.06. The quantitative estimate of drug-likeness (QED) is 0.155. The zero-order valence-corrected chi connectivity index (χ0v) is 27.7. The van der Waals surface area contributed by atoms with E-state index in [1.54, 1.807) is 0 Å². The van der Waals surface area contributed by atoms with Gasteiger partial charge in [-0.2, -0.15) is 0 Å². The Morgan fingerprint density at radius 1 is 0.979 bits per heavy atom. The number of nitrogens with one attached hydrogen (secondary N) is 3. The molecule has 9 rings (SSSR count). The molecule has 0 spiro atoms. The van der Waals surface area contributed by atoms with E-state index in [-0.39, 0.29) is 39.2 Å². The Hall–Kier alpha value is -2.48. The Bertz CT molecular complexity index is 1700. The van der Waals surface area contributed by atoms with Gasteiger partial charge in [-0.15, -0.1) is 0 Å². The lowest BCUT2D eigenvalue weighted by Crippen LogP contribution is -2.34. The predicted octanol–water partition coefficient (Wildman–Crippen LogP) is 1.21. The number of carbonyl (C=O) groups is 1. The molecule has 4 aliphatic carbocycles. The minimum Gasteiger partial charge on any atom is -0.477 e. The molecule has 3 saturated heterocycles. The van der Waals surface area contributed by atoms with Crippen LogP contribution < -0.4 is 38.6 Å². The highest BCUT2D eigenvalue weighted by Crippen LogP contribution is 2.72. The molecule has 2 aromatic heterocycles. The van der Waals surface area contributed by atoms with E-state index >= 15 is 4.39 Å². The first kappa shape index (κ1) is 31.5. The second kappa shape index (κ2) is 11.0. The van der Waals surface area contributed by atoms with E-state index in [0.717, 1.165) is 77.8 Å². The number of nitrogens with zero attached hydrogens (tertiary/aromatic N) is 2. The molecule has 11 atom stereocenters. The molecular formula is C36H51FN8O3. The molecule has 48 heavy (non-hydrogen) atoms. The van der Waals surface area contributed by atoms with Crippen LogP contribution in [0.4, 0.5) is 4.39 Å². The van der Waals surface area contributed by atoms with Gasteiger partial charge in [0, 0.05) is 37.8 Å². The number of hydrogen-bond acceptors (Lipinski definition) is 9. The summed E-state index contributed by atoms with van der Waals surface area (Å²) in [5.41, 5.74) is 19.3. The van der Waals surface area contributed by atoms with Crippen molar-refractivity contribution in [1.82, 2.24) is 25.5 Å². The lowest BCUT2D eigenvalue weighted by Gasteiger charge is -2.34. The maximum Gasteiger partial charge on any atom is 0.341 e. The van der Waals surface area contributed by atoms with Crippen LogP contribution in [0.3, 0.4) is 0 Å². The largest absolute Gasteiger partial charge is 0.477 e. The highest BCUT2D eigenvalue weighted by Gasteiger charge is 2.73. The van der Waals surface area contributed by atoms with Crippen molar-refractivity contribution < 1.29 is 14.3 Å². The number of carboxylic acids is 1. The van der Waals surface area contributed by atoms with Gasteiger partial charge in [-0.25, -0.2) is 14.2 Å². The summed E-state index contributed by atoms with van der Waals surface area (Å²) in [5.74, 6) is 1.52. The SMILES string of the molecule is NCC1C2CNCC12CCC(CC(CC12CNCC1C2CN)C12CNCC1C2CN)c1nc2c(cc1F)c(=O)c(C(=O)O)cn2C1CC1. The Morgan fingerprint density at radius 2 is 1.62 bits per heavy atom. The topological polar surface area (TPSA) is 186 Å². The zero-order chi connectivity index (χ0) is 33.2. The Labute approximate surface area is 280 Å². The van der Waals surface area contributed by atoms with Crippen LogP contribution in [0.2, 0.25) is 0 Å². The summed E-state index contributed by atoms with van der Waals surface area (Å²) in [6, 6.07) is 1.35. The van der Waals surface area contributed by atoms with Crippen molar-refractivity contribution >= 4 is 17.0 Å². The van der Waals surface area contributed by atoms with Crippen molar-refractivity contribution in [2.45, 2.75) is 50.5 Å². The molecule has 4 saturated carbocycles. The Balaban J connectivity index is 1.13. The molecule has 0 amide bonds. The molecule has 2 aromatic rings. The van der Waals surface area contributed by atoms with E-state index in [9.17, 15) is 14.7 Å². The predicted molar refractivity (Wildman–Crippen MR) is 180 cm³/mol. The number of nitrogens with two attached hydrogens (primary N) is 3. The van der Waals surface area contributed by atoms with Gasteiger partial charge in [0.15, 0.2) is 0 Å². The summed E-state index contributed by atoms with van der Waals surface area (Å²) in [7, 11) is 0. The fourth-order valence-electron chi connectivity index (χ4n) is 12.3. The van der Waals surface area contributed by atoms with Crippen molar-refractivity contribution in [3.63, 3.8) is 0 Å². The molecule has 0 aromatic carbocycles. The van der Waals surface area contributed by atoms with E-state index in [2.05, 4.69) is 16.0 Å². The number of pyridine rings is 2. The fraction of sp³-hybridized carbons (Fsp3) is 0.750. The van der Waals surface area contributed by atoms with Crippen LogP contribution in [-0.2, 0) is 0 Å². The molecule has 260 valence electrons. The van der Waals surface area contributed by atoms with Crippen LogP contribution in [0, 0.1) is 63.5 Å². The van der Waals surface area contributed by atoms with Crippen molar-refractivity contribution in [3.8, 4) is 0 Å². The van der Waals surface area contributed by atoms with Gasteiger partial charge < -0.3 is 42.8 Å². The van der Waals surface area contributed by atoms with E-state index in [0.29, 0.717) is 72.4 Å². The Kier molecular flexibility index (Phi) is 7.22. The van der Waals surface area contributed by atoms with E-state index < -0.39 is 17.2 Å². The minimum atomic E-state index is -1.30. The van der Waals surface area contributed by atoms with Crippen LogP contribution in [-0.4, -0.2) is 79.5 Å². The van der Waals surface area contributed by atoms with E-state index in [1.165, 1.54) is 12.3 Å². The second-order valence-electron chi connectivity index (χ2n) is 16.7. The number of hydrogen-bond donors (Lipinski definition) is 7. The molecule has 0 radical (unpaired) electrons. The maximum atomic E-state index is 16.6. The minimum absolute atomic E-state index is 0.0500. The van der Waals surface area contributed by atoms with E-state index in [1.807, 2.05) is 4.57 Å². The number of piperidine rings is 3. The van der Waals surface area contributed by atoms with Gasteiger partial charge in [-0.1, -0.05) is 0 Å². The van der Waals surface area contributed by atoms with Gasteiger partial charge in [0.2, 0.25) is 5.43 Å². The normalized spacial score (nSPS) is 40.0. The summed E-state index contributed by atoms with van der Waals surface area (Å²) in [4.78, 5) is 30.4. The third-order valence-corrected chi connectivity index (χ3v) is 15.1. The molecule has 12 heteroatoms. The zero-order valence-electron chi connectivity index (χ0n) is 27.7. The summed E-state index contributed by atoms with van der Waals surface area (Å²) in [6.45, 7) is 7.90. The van der Waals surface area contributed by atoms with Gasteiger partial charge in [-0.05, 0) is 142 Å². The van der Waals surface area contributed by atoms with Crippen molar-refractivity contribution in [2.75, 3.05) is 58.9 Å². The highest BCUT2D eigenvalue weighted by molar-refractivity contribution is 5.91. The standard InChI is InChI=1S/C36H51FN8O3/c37-29-6-21-31(46)22(33(47)48)14-45(20-1-2-20)32(21)44-30(29)18(3-4-34-15-41-11-26(34)23(34)8-38)5-19(36-17-43-13-28(36)25(36)10-40)7-35-16-42-12-27(35)24(35)9-39/h6,14,18-20,23-28,41-43H,1-5,7-13,15-17,38-40H2,(H,47,48). The molecule has 5 heterocycles. The van der Waals surface area contributed by atoms with Crippen LogP contribution in [0.25, 0.3) is 11.0 Å². The number of fused-ring (bicyclic) bond motifs is 4. The summed E-state index contributed by atoms with van der Waals surface area (Å²) in [6.07, 6.45) is 6.79. The van der Waals surface area contributed by atoms with Gasteiger partial charge in [-0.3, -0.25) is 4.79 Å². The van der Waals surface area contributed by atoms with Gasteiger partial charge in [0.1, 0.15) is 17.0 Å². The van der Waals surface area contributed by atoms with Gasteiger partial charge >= 0.3 is 5.97 Å². The monoisotopic (exact) mass is 662 g/mol. The molecule has 0 bridgehead atoms. The van der Waals surface area contributed by atoms with Gasteiger partial charge in [0.05, 0.1) is 11.1 Å². The molecular weight excluding hydrogens is 611 g/mol. The van der Waals surface area contributed by atoms with Crippen molar-refractivity contribution in [2.24, 2.45) is 74.9 Å². The molecule has 7 aliphatic rings. The first-order valence-electron chi connectivity index (χ1n) is 18.4. The van der Waals surface area contributed by atoms with E-state index in [4.69, 9.17) is 22.2 Å². The summed E-state index contributed by atoms with van der Waals surface area (Å²) >= 11 is 0. The number of aromatic nitrogens is 2. The number of halogens is 1. The molecule has 3 aliphatic heterocycles. The van der Waals surface area contributed by atoms with Crippen LogP contribution in [0.1, 0.15) is 66.5 Å².